The molecule has 1 fully saturated rings. The SMILES string of the molecule is Cc1cc2ncnc(Nc3ccc(F)cc3OC3CCOC3)c2s1. The molecule has 0 saturated carbocycles. The Morgan fingerprint density at radius 1 is 1.33 bits per heavy atom. The molecule has 24 heavy (non-hydrogen) atoms. The first kappa shape index (κ1) is 15.3. The number of nitrogens with one attached hydrogen (secondary N) is 1. The number of aromatic nitrogens is 2. The highest BCUT2D eigenvalue weighted by Crippen LogP contribution is 2.34. The number of ether oxygens (including phenoxy) is 2. The molecular formula is C17H16FN3O2S. The molecule has 0 spiro atoms. The summed E-state index contributed by atoms with van der Waals surface area (Å²) in [5.74, 6) is 0.817. The van der Waals surface area contributed by atoms with Crippen molar-refractivity contribution in [2.75, 3.05) is 18.5 Å². The zero-order chi connectivity index (χ0) is 16.5. The summed E-state index contributed by atoms with van der Waals surface area (Å²) in [5, 5.41) is 3.26. The summed E-state index contributed by atoms with van der Waals surface area (Å²) in [6.45, 7) is 3.23. The molecule has 1 unspecified atom stereocenters. The molecule has 2 aromatic heterocycles. The van der Waals surface area contributed by atoms with E-state index in [2.05, 4.69) is 15.3 Å². The Morgan fingerprint density at radius 3 is 3.08 bits per heavy atom. The summed E-state index contributed by atoms with van der Waals surface area (Å²) in [6, 6.07) is 6.47. The van der Waals surface area contributed by atoms with Gasteiger partial charge in [0.2, 0.25) is 0 Å². The molecule has 3 heterocycles. The van der Waals surface area contributed by atoms with E-state index in [0.29, 0.717) is 30.5 Å². The number of benzene rings is 1. The second kappa shape index (κ2) is 6.33. The van der Waals surface area contributed by atoms with Crippen molar-refractivity contribution in [1.82, 2.24) is 9.97 Å². The van der Waals surface area contributed by atoms with Gasteiger partial charge in [0.25, 0.3) is 0 Å². The van der Waals surface area contributed by atoms with Crippen LogP contribution in [0.3, 0.4) is 0 Å². The predicted molar refractivity (Wildman–Crippen MR) is 91.7 cm³/mol. The Morgan fingerprint density at radius 2 is 2.25 bits per heavy atom. The maximum Gasteiger partial charge on any atom is 0.151 e. The predicted octanol–water partition coefficient (Wildman–Crippen LogP) is 4.05. The van der Waals surface area contributed by atoms with Crippen molar-refractivity contribution in [3.8, 4) is 5.75 Å². The van der Waals surface area contributed by atoms with Gasteiger partial charge in [-0.3, -0.25) is 0 Å². The van der Waals surface area contributed by atoms with E-state index in [4.69, 9.17) is 9.47 Å². The van der Waals surface area contributed by atoms with E-state index in [1.807, 2.05) is 13.0 Å². The van der Waals surface area contributed by atoms with E-state index in [9.17, 15) is 4.39 Å². The maximum atomic E-state index is 13.7. The van der Waals surface area contributed by atoms with E-state index in [1.165, 1.54) is 18.5 Å². The Bertz CT molecular complexity index is 877. The molecule has 1 aliphatic heterocycles. The minimum absolute atomic E-state index is 0.0539. The third-order valence-electron chi connectivity index (χ3n) is 3.81. The molecule has 1 aliphatic rings. The third kappa shape index (κ3) is 3.05. The number of rotatable bonds is 4. The highest BCUT2D eigenvalue weighted by molar-refractivity contribution is 7.19. The molecule has 7 heteroatoms. The van der Waals surface area contributed by atoms with Crippen molar-refractivity contribution in [2.24, 2.45) is 0 Å². The van der Waals surface area contributed by atoms with Crippen LogP contribution in [0.1, 0.15) is 11.3 Å². The van der Waals surface area contributed by atoms with Gasteiger partial charge < -0.3 is 14.8 Å². The number of hydrogen-bond donors (Lipinski definition) is 1. The lowest BCUT2D eigenvalue weighted by atomic mass is 10.2. The molecule has 0 bridgehead atoms. The van der Waals surface area contributed by atoms with Crippen LogP contribution in [0.5, 0.6) is 5.75 Å². The van der Waals surface area contributed by atoms with Crippen molar-refractivity contribution in [3.05, 3.63) is 41.3 Å². The van der Waals surface area contributed by atoms with Crippen LogP contribution < -0.4 is 10.1 Å². The topological polar surface area (TPSA) is 56.3 Å². The van der Waals surface area contributed by atoms with Gasteiger partial charge in [-0.2, -0.15) is 0 Å². The maximum absolute atomic E-state index is 13.7. The first-order valence-electron chi connectivity index (χ1n) is 7.71. The summed E-state index contributed by atoms with van der Waals surface area (Å²) < 4.78 is 25.8. The summed E-state index contributed by atoms with van der Waals surface area (Å²) in [5.41, 5.74) is 1.57. The van der Waals surface area contributed by atoms with Gasteiger partial charge >= 0.3 is 0 Å². The summed E-state index contributed by atoms with van der Waals surface area (Å²) in [7, 11) is 0. The fourth-order valence-electron chi connectivity index (χ4n) is 2.67. The highest BCUT2D eigenvalue weighted by Gasteiger charge is 2.19. The third-order valence-corrected chi connectivity index (χ3v) is 4.86. The molecule has 1 N–H and O–H groups in total. The van der Waals surface area contributed by atoms with E-state index in [0.717, 1.165) is 21.5 Å². The average Bonchev–Trinajstić information content (AvgIpc) is 3.19. The van der Waals surface area contributed by atoms with Crippen molar-refractivity contribution in [1.29, 1.82) is 0 Å². The van der Waals surface area contributed by atoms with Crippen LogP contribution in [0, 0.1) is 12.7 Å². The molecule has 1 atom stereocenters. The Kier molecular flexibility index (Phi) is 4.03. The van der Waals surface area contributed by atoms with Crippen LogP contribution in [0.2, 0.25) is 0 Å². The number of halogens is 1. The van der Waals surface area contributed by atoms with Crippen LogP contribution in [-0.2, 0) is 4.74 Å². The van der Waals surface area contributed by atoms with Crippen molar-refractivity contribution in [2.45, 2.75) is 19.4 Å². The van der Waals surface area contributed by atoms with Gasteiger partial charge in [-0.15, -0.1) is 11.3 Å². The monoisotopic (exact) mass is 345 g/mol. The minimum Gasteiger partial charge on any atom is -0.486 e. The number of thiophene rings is 1. The molecule has 5 nitrogen and oxygen atoms in total. The summed E-state index contributed by atoms with van der Waals surface area (Å²) >= 11 is 1.62. The van der Waals surface area contributed by atoms with Gasteiger partial charge in [-0.1, -0.05) is 0 Å². The zero-order valence-electron chi connectivity index (χ0n) is 13.1. The highest BCUT2D eigenvalue weighted by atomic mass is 32.1. The van der Waals surface area contributed by atoms with Gasteiger partial charge in [0.1, 0.15) is 24.0 Å². The van der Waals surface area contributed by atoms with Crippen molar-refractivity contribution < 1.29 is 13.9 Å². The first-order chi connectivity index (χ1) is 11.7. The molecule has 3 aromatic rings. The van der Waals surface area contributed by atoms with Crippen LogP contribution in [-0.4, -0.2) is 29.3 Å². The average molecular weight is 345 g/mol. The smallest absolute Gasteiger partial charge is 0.151 e. The Balaban J connectivity index is 1.67. The van der Waals surface area contributed by atoms with E-state index in [-0.39, 0.29) is 11.9 Å². The number of anilines is 2. The van der Waals surface area contributed by atoms with Gasteiger partial charge in [-0.25, -0.2) is 14.4 Å². The van der Waals surface area contributed by atoms with Gasteiger partial charge in [-0.05, 0) is 25.1 Å². The molecule has 0 amide bonds. The van der Waals surface area contributed by atoms with E-state index >= 15 is 0 Å². The quantitative estimate of drug-likeness (QED) is 0.773. The second-order valence-corrected chi connectivity index (χ2v) is 6.92. The molecule has 4 rings (SSSR count). The lowest BCUT2D eigenvalue weighted by molar-refractivity contribution is 0.141. The largest absolute Gasteiger partial charge is 0.486 e. The molecule has 124 valence electrons. The Labute approximate surface area is 142 Å². The molecule has 1 saturated heterocycles. The zero-order valence-corrected chi connectivity index (χ0v) is 13.9. The molecule has 1 aromatic carbocycles. The fraction of sp³-hybridized carbons (Fsp3) is 0.294. The van der Waals surface area contributed by atoms with Crippen LogP contribution in [0.4, 0.5) is 15.9 Å². The van der Waals surface area contributed by atoms with Gasteiger partial charge in [0.05, 0.1) is 29.1 Å². The van der Waals surface area contributed by atoms with Crippen molar-refractivity contribution in [3.63, 3.8) is 0 Å². The minimum atomic E-state index is -0.339. The summed E-state index contributed by atoms with van der Waals surface area (Å²) in [6.07, 6.45) is 2.27. The van der Waals surface area contributed by atoms with Gasteiger partial charge in [0.15, 0.2) is 5.82 Å². The van der Waals surface area contributed by atoms with E-state index < -0.39 is 0 Å². The Hall–Kier alpha value is -2.25. The van der Waals surface area contributed by atoms with E-state index in [1.54, 1.807) is 17.4 Å². The second-order valence-electron chi connectivity index (χ2n) is 5.66. The summed E-state index contributed by atoms with van der Waals surface area (Å²) in [4.78, 5) is 9.76. The number of nitrogens with zero attached hydrogens (tertiary/aromatic N) is 2. The fourth-order valence-corrected chi connectivity index (χ4v) is 3.58. The number of aryl methyl sites for hydroxylation is 1. The molecule has 0 radical (unpaired) electrons. The standard InChI is InChI=1S/C17H16FN3O2S/c1-10-6-14-16(24-10)17(20-9-19-14)21-13-3-2-11(18)7-15(13)23-12-4-5-22-8-12/h2-3,6-7,9,12H,4-5,8H2,1H3,(H,19,20,21). The molecular weight excluding hydrogens is 329 g/mol. The lowest BCUT2D eigenvalue weighted by Gasteiger charge is -2.16. The van der Waals surface area contributed by atoms with Crippen LogP contribution in [0.25, 0.3) is 10.2 Å². The number of hydrogen-bond acceptors (Lipinski definition) is 6. The number of fused-ring (bicyclic) bond motifs is 1. The normalized spacial score (nSPS) is 17.3. The first-order valence-corrected chi connectivity index (χ1v) is 8.53. The van der Waals surface area contributed by atoms with Crippen LogP contribution >= 0.6 is 11.3 Å². The van der Waals surface area contributed by atoms with Crippen molar-refractivity contribution >= 4 is 33.1 Å². The van der Waals surface area contributed by atoms with Gasteiger partial charge in [0, 0.05) is 17.4 Å². The van der Waals surface area contributed by atoms with Crippen LogP contribution in [0.15, 0.2) is 30.6 Å². The molecule has 0 aliphatic carbocycles. The lowest BCUT2D eigenvalue weighted by Crippen LogP contribution is -2.16.